The van der Waals surface area contributed by atoms with Crippen molar-refractivity contribution in [1.82, 2.24) is 29.7 Å². The average Bonchev–Trinajstić information content (AvgIpc) is 3.34. The van der Waals surface area contributed by atoms with E-state index >= 15 is 0 Å². The van der Waals surface area contributed by atoms with Crippen LogP contribution in [0.4, 0.5) is 5.82 Å². The van der Waals surface area contributed by atoms with E-state index in [1.807, 2.05) is 44.2 Å². The van der Waals surface area contributed by atoms with Crippen molar-refractivity contribution in [2.75, 3.05) is 18.7 Å². The van der Waals surface area contributed by atoms with Gasteiger partial charge in [-0.05, 0) is 45.6 Å². The molecule has 0 saturated heterocycles. The molecule has 2 heterocycles. The van der Waals surface area contributed by atoms with Gasteiger partial charge >= 0.3 is 11.9 Å². The summed E-state index contributed by atoms with van der Waals surface area (Å²) in [5.74, 6) is -0.751. The van der Waals surface area contributed by atoms with Crippen molar-refractivity contribution in [3.05, 3.63) is 48.5 Å². The number of carbonyl (C=O) groups is 2. The quantitative estimate of drug-likeness (QED) is 0.161. The lowest BCUT2D eigenvalue weighted by atomic mass is 10.1. The van der Waals surface area contributed by atoms with Gasteiger partial charge in [-0.2, -0.15) is 0 Å². The number of imidazole rings is 1. The zero-order chi connectivity index (χ0) is 30.9. The number of nitrogens with one attached hydrogen (secondary N) is 2. The standard InChI is InChI=1S/C28H42N7O6P/c1-18(2)14-39-28(37)23(12-22-10-8-7-9-11-22)34-42(38,33-21(6)27(36)41-19(3)4)17-40-20(5)13-35-16-32-24-25(29)30-15-31-26(24)35/h7-11,15-16,18-21,23H,12-14,17H2,1-6H3,(H2,29,30,31)(H2,33,34,38)/t20-,21-,23+,42+/m1/s1. The van der Waals surface area contributed by atoms with Crippen molar-refractivity contribution in [3.63, 3.8) is 0 Å². The molecule has 42 heavy (non-hydrogen) atoms. The molecule has 0 bridgehead atoms. The first-order valence-corrected chi connectivity index (χ1v) is 15.8. The van der Waals surface area contributed by atoms with E-state index in [0.29, 0.717) is 17.7 Å². The summed E-state index contributed by atoms with van der Waals surface area (Å²) in [7, 11) is -3.76. The highest BCUT2D eigenvalue weighted by Crippen LogP contribution is 2.39. The average molecular weight is 604 g/mol. The Labute approximate surface area is 246 Å². The van der Waals surface area contributed by atoms with Crippen LogP contribution in [0.25, 0.3) is 11.2 Å². The zero-order valence-electron chi connectivity index (χ0n) is 25.0. The summed E-state index contributed by atoms with van der Waals surface area (Å²) in [5, 5.41) is 5.84. The molecule has 3 rings (SSSR count). The van der Waals surface area contributed by atoms with Gasteiger partial charge in [0, 0.05) is 0 Å². The Bertz CT molecular complexity index is 1370. The number of nitrogens with zero attached hydrogens (tertiary/aromatic N) is 4. The first-order chi connectivity index (χ1) is 19.9. The molecule has 0 aliphatic carbocycles. The van der Waals surface area contributed by atoms with Crippen LogP contribution in [0.3, 0.4) is 0 Å². The molecule has 0 aliphatic heterocycles. The van der Waals surface area contributed by atoms with Crippen LogP contribution in [-0.2, 0) is 41.3 Å². The Hall–Kier alpha value is -3.38. The van der Waals surface area contributed by atoms with Crippen LogP contribution in [0.15, 0.2) is 43.0 Å². The predicted octanol–water partition coefficient (Wildman–Crippen LogP) is 3.29. The molecule has 0 fully saturated rings. The Balaban J connectivity index is 1.81. The van der Waals surface area contributed by atoms with Gasteiger partial charge in [0.15, 0.2) is 11.5 Å². The number of ether oxygens (including phenoxy) is 3. The minimum atomic E-state index is -3.76. The van der Waals surface area contributed by atoms with E-state index in [4.69, 9.17) is 19.9 Å². The van der Waals surface area contributed by atoms with Gasteiger partial charge in [-0.1, -0.05) is 44.2 Å². The largest absolute Gasteiger partial charge is 0.464 e. The molecule has 0 spiro atoms. The molecule has 2 aromatic heterocycles. The third kappa shape index (κ3) is 9.87. The van der Waals surface area contributed by atoms with Gasteiger partial charge in [-0.25, -0.2) is 25.1 Å². The number of benzene rings is 1. The van der Waals surface area contributed by atoms with Gasteiger partial charge in [-0.15, -0.1) is 0 Å². The van der Waals surface area contributed by atoms with Gasteiger partial charge < -0.3 is 24.5 Å². The number of anilines is 1. The topological polar surface area (TPSA) is 173 Å². The number of nitrogen functional groups attached to an aromatic ring is 1. The zero-order valence-corrected chi connectivity index (χ0v) is 25.9. The number of hydrogen-bond acceptors (Lipinski definition) is 10. The van der Waals surface area contributed by atoms with E-state index in [0.717, 1.165) is 5.56 Å². The number of aromatic nitrogens is 4. The fraction of sp³-hybridized carbons (Fsp3) is 0.536. The number of esters is 2. The van der Waals surface area contributed by atoms with Crippen molar-refractivity contribution < 1.29 is 28.4 Å². The monoisotopic (exact) mass is 603 g/mol. The van der Waals surface area contributed by atoms with Gasteiger partial charge in [0.25, 0.3) is 0 Å². The second-order valence-corrected chi connectivity index (χ2v) is 13.2. The lowest BCUT2D eigenvalue weighted by Crippen LogP contribution is -2.45. The fourth-order valence-corrected chi connectivity index (χ4v) is 6.16. The first kappa shape index (κ1) is 33.1. The van der Waals surface area contributed by atoms with Crippen LogP contribution in [0.2, 0.25) is 0 Å². The Kier molecular flexibility index (Phi) is 12.0. The maximum Gasteiger partial charge on any atom is 0.323 e. The summed E-state index contributed by atoms with van der Waals surface area (Å²) in [5.41, 5.74) is 7.75. The van der Waals surface area contributed by atoms with E-state index in [9.17, 15) is 14.2 Å². The lowest BCUT2D eigenvalue weighted by Gasteiger charge is -2.29. The van der Waals surface area contributed by atoms with Crippen LogP contribution in [0.1, 0.15) is 47.1 Å². The molecule has 14 heteroatoms. The third-order valence-electron chi connectivity index (χ3n) is 6.02. The second-order valence-electron chi connectivity index (χ2n) is 10.9. The minimum absolute atomic E-state index is 0.117. The summed E-state index contributed by atoms with van der Waals surface area (Å²) in [6.07, 6.45) is 1.99. The van der Waals surface area contributed by atoms with E-state index < -0.39 is 37.6 Å². The summed E-state index contributed by atoms with van der Waals surface area (Å²) >= 11 is 0. The van der Waals surface area contributed by atoms with E-state index in [1.54, 1.807) is 38.6 Å². The molecule has 0 amide bonds. The van der Waals surface area contributed by atoms with E-state index in [1.165, 1.54) is 6.33 Å². The molecule has 0 radical (unpaired) electrons. The van der Waals surface area contributed by atoms with Crippen LogP contribution in [0.5, 0.6) is 0 Å². The Morgan fingerprint density at radius 3 is 2.38 bits per heavy atom. The number of carbonyl (C=O) groups excluding carboxylic acids is 2. The highest BCUT2D eigenvalue weighted by Gasteiger charge is 2.35. The molecule has 0 unspecified atom stereocenters. The van der Waals surface area contributed by atoms with Crippen molar-refractivity contribution in [3.8, 4) is 0 Å². The van der Waals surface area contributed by atoms with Crippen molar-refractivity contribution in [2.45, 2.75) is 78.8 Å². The summed E-state index contributed by atoms with van der Waals surface area (Å²) in [6.45, 7) is 11.2. The van der Waals surface area contributed by atoms with Crippen LogP contribution < -0.4 is 15.9 Å². The molecule has 4 N–H and O–H groups in total. The fourth-order valence-electron chi connectivity index (χ4n) is 4.04. The second kappa shape index (κ2) is 15.2. The Morgan fingerprint density at radius 1 is 1.00 bits per heavy atom. The number of fused-ring (bicyclic) bond motifs is 1. The predicted molar refractivity (Wildman–Crippen MR) is 159 cm³/mol. The third-order valence-corrected chi connectivity index (χ3v) is 8.07. The molecular weight excluding hydrogens is 561 g/mol. The summed E-state index contributed by atoms with van der Waals surface area (Å²) in [4.78, 5) is 38.3. The minimum Gasteiger partial charge on any atom is -0.464 e. The van der Waals surface area contributed by atoms with Crippen molar-refractivity contribution in [2.24, 2.45) is 5.92 Å². The van der Waals surface area contributed by atoms with E-state index in [2.05, 4.69) is 25.1 Å². The maximum absolute atomic E-state index is 14.4. The lowest BCUT2D eigenvalue weighted by molar-refractivity contribution is -0.149. The van der Waals surface area contributed by atoms with Gasteiger partial charge in [0.1, 0.15) is 30.3 Å². The molecule has 4 atom stereocenters. The molecule has 1 aromatic carbocycles. The van der Waals surface area contributed by atoms with Gasteiger partial charge in [0.05, 0.1) is 31.7 Å². The van der Waals surface area contributed by atoms with Crippen molar-refractivity contribution >= 4 is 36.4 Å². The molecule has 0 saturated carbocycles. The van der Waals surface area contributed by atoms with E-state index in [-0.39, 0.29) is 37.2 Å². The summed E-state index contributed by atoms with van der Waals surface area (Å²) in [6, 6.07) is 7.40. The van der Waals surface area contributed by atoms with Crippen molar-refractivity contribution in [1.29, 1.82) is 0 Å². The normalized spacial score (nSPS) is 15.3. The van der Waals surface area contributed by atoms with Crippen LogP contribution in [0, 0.1) is 5.92 Å². The van der Waals surface area contributed by atoms with Crippen LogP contribution >= 0.6 is 7.44 Å². The maximum atomic E-state index is 14.4. The first-order valence-electron chi connectivity index (χ1n) is 14.0. The molecular formula is C28H42N7O6P. The molecule has 3 aromatic rings. The highest BCUT2D eigenvalue weighted by atomic mass is 31.2. The molecule has 13 nitrogen and oxygen atoms in total. The van der Waals surface area contributed by atoms with Gasteiger partial charge in [-0.3, -0.25) is 14.2 Å². The molecule has 0 aliphatic rings. The SMILES string of the molecule is CC(C)COC(=O)[C@H](Cc1ccccc1)N[P@](=O)(CO[C@H](C)Cn1cnc2c(N)ncnc21)N[C@H](C)C(=O)OC(C)C. The smallest absolute Gasteiger partial charge is 0.323 e. The number of nitrogens with two attached hydrogens (primary N) is 1. The van der Waals surface area contributed by atoms with Gasteiger partial charge in [0.2, 0.25) is 7.44 Å². The van der Waals surface area contributed by atoms with Crippen LogP contribution in [-0.4, -0.2) is 68.7 Å². The Morgan fingerprint density at radius 2 is 1.71 bits per heavy atom. The summed E-state index contributed by atoms with van der Waals surface area (Å²) < 4.78 is 33.0. The number of rotatable bonds is 16. The highest BCUT2D eigenvalue weighted by molar-refractivity contribution is 7.59. The number of hydrogen-bond donors (Lipinski definition) is 3. The molecule has 230 valence electrons.